The van der Waals surface area contributed by atoms with Crippen LogP contribution in [0.4, 0.5) is 0 Å². The SMILES string of the molecule is CC(C)(C)C(=O)OCOC(=O)C[C@@H]1C[C@@H](COc2ccc(-c3ccc(C(=N)N)cc3)cc2)N(Cc2ccccc2)C1=O. The van der Waals surface area contributed by atoms with Crippen LogP contribution in [0.15, 0.2) is 78.9 Å². The fourth-order valence-electron chi connectivity index (χ4n) is 4.69. The van der Waals surface area contributed by atoms with E-state index >= 15 is 0 Å². The Morgan fingerprint density at radius 1 is 0.929 bits per heavy atom. The van der Waals surface area contributed by atoms with Crippen molar-refractivity contribution in [2.24, 2.45) is 17.1 Å². The highest BCUT2D eigenvalue weighted by molar-refractivity contribution is 5.95. The summed E-state index contributed by atoms with van der Waals surface area (Å²) in [5.74, 6) is -1.08. The molecule has 1 aliphatic heterocycles. The van der Waals surface area contributed by atoms with E-state index < -0.39 is 30.1 Å². The molecule has 0 saturated carbocycles. The number of likely N-dealkylation sites (tertiary alicyclic amines) is 1. The van der Waals surface area contributed by atoms with Crippen LogP contribution in [0.3, 0.4) is 0 Å². The summed E-state index contributed by atoms with van der Waals surface area (Å²) >= 11 is 0. The second-order valence-electron chi connectivity index (χ2n) is 11.4. The molecule has 1 saturated heterocycles. The van der Waals surface area contributed by atoms with E-state index in [0.717, 1.165) is 16.7 Å². The zero-order valence-corrected chi connectivity index (χ0v) is 24.2. The van der Waals surface area contributed by atoms with Crippen molar-refractivity contribution < 1.29 is 28.6 Å². The average Bonchev–Trinajstić information content (AvgIpc) is 3.25. The molecule has 0 radical (unpaired) electrons. The maximum atomic E-state index is 13.4. The molecule has 220 valence electrons. The molecule has 0 bridgehead atoms. The molecule has 0 spiro atoms. The van der Waals surface area contributed by atoms with E-state index in [1.165, 1.54) is 0 Å². The fraction of sp³-hybridized carbons (Fsp3) is 0.333. The number of carbonyl (C=O) groups excluding carboxylic acids is 3. The van der Waals surface area contributed by atoms with Gasteiger partial charge < -0.3 is 24.8 Å². The molecule has 3 aromatic carbocycles. The molecule has 4 rings (SSSR count). The van der Waals surface area contributed by atoms with Gasteiger partial charge in [0.1, 0.15) is 18.2 Å². The highest BCUT2D eigenvalue weighted by Crippen LogP contribution is 2.31. The molecule has 1 amide bonds. The number of hydrogen-bond donors (Lipinski definition) is 2. The van der Waals surface area contributed by atoms with E-state index in [4.69, 9.17) is 25.4 Å². The van der Waals surface area contributed by atoms with Crippen LogP contribution >= 0.6 is 0 Å². The summed E-state index contributed by atoms with van der Waals surface area (Å²) < 4.78 is 16.2. The molecular formula is C33H37N3O6. The third-order valence-electron chi connectivity index (χ3n) is 7.09. The number of ether oxygens (including phenoxy) is 3. The number of amidine groups is 1. The summed E-state index contributed by atoms with van der Waals surface area (Å²) in [6.07, 6.45) is 0.327. The van der Waals surface area contributed by atoms with Crippen LogP contribution < -0.4 is 10.5 Å². The molecule has 0 aliphatic carbocycles. The van der Waals surface area contributed by atoms with Gasteiger partial charge in [0.25, 0.3) is 0 Å². The monoisotopic (exact) mass is 571 g/mol. The maximum absolute atomic E-state index is 13.4. The summed E-state index contributed by atoms with van der Waals surface area (Å²) in [4.78, 5) is 39.6. The number of hydrogen-bond acceptors (Lipinski definition) is 7. The van der Waals surface area contributed by atoms with Crippen molar-refractivity contribution in [1.29, 1.82) is 5.41 Å². The molecule has 3 aromatic rings. The predicted octanol–water partition coefficient (Wildman–Crippen LogP) is 4.91. The van der Waals surface area contributed by atoms with Gasteiger partial charge in [-0.15, -0.1) is 0 Å². The van der Waals surface area contributed by atoms with E-state index in [0.29, 0.717) is 24.3 Å². The first-order valence-corrected chi connectivity index (χ1v) is 13.9. The summed E-state index contributed by atoms with van der Waals surface area (Å²) in [5.41, 5.74) is 8.47. The van der Waals surface area contributed by atoms with Gasteiger partial charge in [0.2, 0.25) is 12.7 Å². The third-order valence-corrected chi connectivity index (χ3v) is 7.09. The largest absolute Gasteiger partial charge is 0.491 e. The standard InChI is InChI=1S/C33H37N3O6/c1-33(2,3)32(39)42-21-41-29(37)18-26-17-27(36(31(26)38)19-22-7-5-4-6-8-22)20-40-28-15-13-24(14-16-28)23-9-11-25(12-10-23)30(34)35/h4-16,26-27H,17-21H2,1-3H3,(H3,34,35)/t26-,27-/m0/s1. The van der Waals surface area contributed by atoms with Crippen LogP contribution in [0.5, 0.6) is 5.75 Å². The zero-order valence-electron chi connectivity index (χ0n) is 24.2. The lowest BCUT2D eigenvalue weighted by Crippen LogP contribution is -2.37. The minimum Gasteiger partial charge on any atom is -0.491 e. The molecule has 9 nitrogen and oxygen atoms in total. The number of nitrogens with one attached hydrogen (secondary N) is 1. The van der Waals surface area contributed by atoms with Crippen molar-refractivity contribution in [1.82, 2.24) is 4.90 Å². The topological polar surface area (TPSA) is 132 Å². The number of rotatable bonds is 11. The van der Waals surface area contributed by atoms with E-state index in [1.807, 2.05) is 78.9 Å². The van der Waals surface area contributed by atoms with E-state index in [9.17, 15) is 14.4 Å². The first kappa shape index (κ1) is 30.3. The normalized spacial score (nSPS) is 16.6. The molecular weight excluding hydrogens is 534 g/mol. The van der Waals surface area contributed by atoms with Crippen LogP contribution in [0.25, 0.3) is 11.1 Å². The van der Waals surface area contributed by atoms with E-state index in [2.05, 4.69) is 0 Å². The number of carbonyl (C=O) groups is 3. The number of esters is 2. The van der Waals surface area contributed by atoms with Crippen LogP contribution in [-0.2, 0) is 30.4 Å². The fourth-order valence-corrected chi connectivity index (χ4v) is 4.69. The molecule has 0 aromatic heterocycles. The van der Waals surface area contributed by atoms with Gasteiger partial charge in [-0.05, 0) is 56.0 Å². The van der Waals surface area contributed by atoms with Gasteiger partial charge >= 0.3 is 11.9 Å². The molecule has 42 heavy (non-hydrogen) atoms. The van der Waals surface area contributed by atoms with Gasteiger partial charge in [0.15, 0.2) is 0 Å². The third kappa shape index (κ3) is 7.96. The van der Waals surface area contributed by atoms with Crippen molar-refractivity contribution in [3.05, 3.63) is 90.0 Å². The molecule has 9 heteroatoms. The highest BCUT2D eigenvalue weighted by Gasteiger charge is 2.41. The molecule has 3 N–H and O–H groups in total. The van der Waals surface area contributed by atoms with Crippen molar-refractivity contribution in [2.45, 2.75) is 46.2 Å². The Bertz CT molecular complexity index is 1400. The Hall–Kier alpha value is -4.66. The summed E-state index contributed by atoms with van der Waals surface area (Å²) in [5, 5.41) is 7.55. The zero-order chi connectivity index (χ0) is 30.3. The van der Waals surface area contributed by atoms with Gasteiger partial charge in [-0.1, -0.05) is 66.7 Å². The number of amides is 1. The van der Waals surface area contributed by atoms with Crippen molar-refractivity contribution in [3.8, 4) is 16.9 Å². The lowest BCUT2D eigenvalue weighted by Gasteiger charge is -2.25. The number of benzene rings is 3. The predicted molar refractivity (Wildman–Crippen MR) is 158 cm³/mol. The molecule has 1 heterocycles. The summed E-state index contributed by atoms with van der Waals surface area (Å²) in [7, 11) is 0. The van der Waals surface area contributed by atoms with Gasteiger partial charge in [-0.25, -0.2) is 0 Å². The maximum Gasteiger partial charge on any atom is 0.314 e. The number of nitrogen functional groups attached to an aromatic ring is 1. The lowest BCUT2D eigenvalue weighted by molar-refractivity contribution is -0.174. The van der Waals surface area contributed by atoms with Crippen LogP contribution in [0, 0.1) is 16.7 Å². The number of nitrogens with zero attached hydrogens (tertiary/aromatic N) is 1. The second-order valence-corrected chi connectivity index (χ2v) is 11.4. The van der Waals surface area contributed by atoms with Crippen LogP contribution in [0.2, 0.25) is 0 Å². The summed E-state index contributed by atoms with van der Waals surface area (Å²) in [6.45, 7) is 5.31. The molecule has 0 unspecified atom stereocenters. The van der Waals surface area contributed by atoms with E-state index in [1.54, 1.807) is 25.7 Å². The Labute approximate surface area is 246 Å². The van der Waals surface area contributed by atoms with Crippen LogP contribution in [0.1, 0.15) is 44.7 Å². The van der Waals surface area contributed by atoms with Crippen molar-refractivity contribution >= 4 is 23.7 Å². The van der Waals surface area contributed by atoms with Crippen LogP contribution in [-0.4, -0.2) is 48.0 Å². The second kappa shape index (κ2) is 13.3. The van der Waals surface area contributed by atoms with Gasteiger partial charge in [0.05, 0.1) is 23.8 Å². The van der Waals surface area contributed by atoms with Crippen molar-refractivity contribution in [2.75, 3.05) is 13.4 Å². The molecule has 1 aliphatic rings. The van der Waals surface area contributed by atoms with Gasteiger partial charge in [0, 0.05) is 12.1 Å². The minimum atomic E-state index is -0.707. The minimum absolute atomic E-state index is 0.0257. The Morgan fingerprint density at radius 2 is 1.55 bits per heavy atom. The first-order chi connectivity index (χ1) is 20.0. The first-order valence-electron chi connectivity index (χ1n) is 13.9. The average molecular weight is 572 g/mol. The van der Waals surface area contributed by atoms with Gasteiger partial charge in [-0.3, -0.25) is 19.8 Å². The Kier molecular flexibility index (Phi) is 9.62. The van der Waals surface area contributed by atoms with E-state index in [-0.39, 0.29) is 30.8 Å². The molecule has 2 atom stereocenters. The highest BCUT2D eigenvalue weighted by atomic mass is 16.7. The summed E-state index contributed by atoms with van der Waals surface area (Å²) in [6, 6.07) is 24.5. The quantitative estimate of drug-likeness (QED) is 0.145. The lowest BCUT2D eigenvalue weighted by atomic mass is 9.98. The van der Waals surface area contributed by atoms with Crippen molar-refractivity contribution in [3.63, 3.8) is 0 Å². The Balaban J connectivity index is 1.38. The smallest absolute Gasteiger partial charge is 0.314 e. The van der Waals surface area contributed by atoms with Gasteiger partial charge in [-0.2, -0.15) is 0 Å². The Morgan fingerprint density at radius 3 is 2.14 bits per heavy atom. The number of nitrogens with two attached hydrogens (primary N) is 1. The molecule has 1 fully saturated rings.